The lowest BCUT2D eigenvalue weighted by Gasteiger charge is -2.07. The predicted octanol–water partition coefficient (Wildman–Crippen LogP) is 3.33. The largest absolute Gasteiger partial charge is 0.478 e. The highest BCUT2D eigenvalue weighted by molar-refractivity contribution is 5.96. The summed E-state index contributed by atoms with van der Waals surface area (Å²) in [7, 11) is 0. The number of halogens is 2. The molecule has 0 spiro atoms. The number of aromatic carboxylic acids is 1. The van der Waals surface area contributed by atoms with E-state index < -0.39 is 17.6 Å². The molecule has 2 aromatic rings. The van der Waals surface area contributed by atoms with Crippen molar-refractivity contribution < 1.29 is 18.7 Å². The topological polar surface area (TPSA) is 37.3 Å². The van der Waals surface area contributed by atoms with E-state index >= 15 is 0 Å². The van der Waals surface area contributed by atoms with Gasteiger partial charge in [0.05, 0.1) is 5.56 Å². The second kappa shape index (κ2) is 4.33. The summed E-state index contributed by atoms with van der Waals surface area (Å²) in [5.41, 5.74) is 0.0528. The molecule has 17 heavy (non-hydrogen) atoms. The van der Waals surface area contributed by atoms with Crippen molar-refractivity contribution in [2.75, 3.05) is 0 Å². The van der Waals surface area contributed by atoms with E-state index in [9.17, 15) is 13.6 Å². The molecule has 0 aliphatic heterocycles. The lowest BCUT2D eigenvalue weighted by molar-refractivity contribution is 0.0697. The molecule has 0 saturated heterocycles. The fourth-order valence-corrected chi connectivity index (χ4v) is 1.62. The number of carboxylic acids is 1. The molecule has 1 N–H and O–H groups in total. The normalized spacial score (nSPS) is 10.2. The first-order chi connectivity index (χ1) is 8.11. The summed E-state index contributed by atoms with van der Waals surface area (Å²) in [6.45, 7) is 0. The van der Waals surface area contributed by atoms with Gasteiger partial charge in [-0.05, 0) is 17.7 Å². The molecule has 4 heteroatoms. The molecule has 0 radical (unpaired) electrons. The van der Waals surface area contributed by atoms with E-state index in [4.69, 9.17) is 5.11 Å². The molecule has 2 aromatic carbocycles. The molecule has 0 aliphatic rings. The van der Waals surface area contributed by atoms with Crippen molar-refractivity contribution in [3.05, 3.63) is 59.7 Å². The summed E-state index contributed by atoms with van der Waals surface area (Å²) >= 11 is 0. The molecular weight excluding hydrogens is 226 g/mol. The molecule has 0 unspecified atom stereocenters. The zero-order chi connectivity index (χ0) is 12.4. The number of hydrogen-bond donors (Lipinski definition) is 1. The highest BCUT2D eigenvalue weighted by Crippen LogP contribution is 2.27. The van der Waals surface area contributed by atoms with Gasteiger partial charge in [-0.1, -0.05) is 30.3 Å². The van der Waals surface area contributed by atoms with Gasteiger partial charge in [0.15, 0.2) is 11.6 Å². The number of rotatable bonds is 2. The summed E-state index contributed by atoms with van der Waals surface area (Å²) in [6.07, 6.45) is 0. The molecule has 2 rings (SSSR count). The average Bonchev–Trinajstić information content (AvgIpc) is 2.33. The Hall–Kier alpha value is -2.23. The second-order valence-electron chi connectivity index (χ2n) is 3.45. The standard InChI is InChI=1S/C13H8F2O2/c14-11-7-3-6-9(12(11)15)8-4-1-2-5-10(8)13(16)17/h1-7H,(H,16,17). The van der Waals surface area contributed by atoms with Gasteiger partial charge in [0.25, 0.3) is 0 Å². The third kappa shape index (κ3) is 2.01. The molecule has 0 heterocycles. The summed E-state index contributed by atoms with van der Waals surface area (Å²) in [6, 6.07) is 9.58. The summed E-state index contributed by atoms with van der Waals surface area (Å²) in [5.74, 6) is -3.21. The van der Waals surface area contributed by atoms with Crippen molar-refractivity contribution in [2.45, 2.75) is 0 Å². The minimum absolute atomic E-state index is 0.0528. The maximum absolute atomic E-state index is 13.6. The SMILES string of the molecule is O=C(O)c1ccccc1-c1cccc(F)c1F. The van der Waals surface area contributed by atoms with Gasteiger partial charge in [0.2, 0.25) is 0 Å². The van der Waals surface area contributed by atoms with Gasteiger partial charge in [-0.2, -0.15) is 0 Å². The average molecular weight is 234 g/mol. The third-order valence-electron chi connectivity index (χ3n) is 2.40. The quantitative estimate of drug-likeness (QED) is 0.865. The third-order valence-corrected chi connectivity index (χ3v) is 2.40. The Labute approximate surface area is 96.1 Å². The molecule has 86 valence electrons. The van der Waals surface area contributed by atoms with Crippen molar-refractivity contribution in [3.8, 4) is 11.1 Å². The molecule has 2 nitrogen and oxygen atoms in total. The van der Waals surface area contributed by atoms with Crippen LogP contribution in [0.2, 0.25) is 0 Å². The lowest BCUT2D eigenvalue weighted by atomic mass is 9.99. The van der Waals surface area contributed by atoms with Crippen LogP contribution in [0.3, 0.4) is 0 Å². The molecule has 0 aliphatic carbocycles. The first-order valence-electron chi connectivity index (χ1n) is 4.88. The zero-order valence-electron chi connectivity index (χ0n) is 8.65. The maximum atomic E-state index is 13.6. The Kier molecular flexibility index (Phi) is 2.87. The van der Waals surface area contributed by atoms with Crippen LogP contribution in [0, 0.1) is 11.6 Å². The van der Waals surface area contributed by atoms with E-state index in [-0.39, 0.29) is 16.7 Å². The van der Waals surface area contributed by atoms with E-state index in [2.05, 4.69) is 0 Å². The van der Waals surface area contributed by atoms with Gasteiger partial charge in [-0.15, -0.1) is 0 Å². The van der Waals surface area contributed by atoms with Gasteiger partial charge in [0.1, 0.15) is 0 Å². The summed E-state index contributed by atoms with van der Waals surface area (Å²) in [5, 5.41) is 8.97. The van der Waals surface area contributed by atoms with E-state index in [1.165, 1.54) is 30.3 Å². The van der Waals surface area contributed by atoms with E-state index in [1.807, 2.05) is 0 Å². The van der Waals surface area contributed by atoms with Crippen LogP contribution >= 0.6 is 0 Å². The van der Waals surface area contributed by atoms with Crippen LogP contribution in [-0.2, 0) is 0 Å². The minimum atomic E-state index is -1.18. The van der Waals surface area contributed by atoms with Crippen LogP contribution in [0.25, 0.3) is 11.1 Å². The molecule has 0 atom stereocenters. The number of carboxylic acid groups (broad SMARTS) is 1. The smallest absolute Gasteiger partial charge is 0.336 e. The number of benzene rings is 2. The van der Waals surface area contributed by atoms with Gasteiger partial charge >= 0.3 is 5.97 Å². The Morgan fingerprint density at radius 3 is 2.29 bits per heavy atom. The van der Waals surface area contributed by atoms with Crippen LogP contribution in [0.4, 0.5) is 8.78 Å². The zero-order valence-corrected chi connectivity index (χ0v) is 8.65. The fraction of sp³-hybridized carbons (Fsp3) is 0. The fourth-order valence-electron chi connectivity index (χ4n) is 1.62. The predicted molar refractivity (Wildman–Crippen MR) is 58.8 cm³/mol. The lowest BCUT2D eigenvalue weighted by Crippen LogP contribution is -2.00. The van der Waals surface area contributed by atoms with E-state index in [0.717, 1.165) is 6.07 Å². The van der Waals surface area contributed by atoms with Crippen molar-refractivity contribution >= 4 is 5.97 Å². The van der Waals surface area contributed by atoms with Crippen molar-refractivity contribution in [2.24, 2.45) is 0 Å². The van der Waals surface area contributed by atoms with Crippen LogP contribution in [0.1, 0.15) is 10.4 Å². The number of hydrogen-bond acceptors (Lipinski definition) is 1. The highest BCUT2D eigenvalue weighted by Gasteiger charge is 2.15. The molecule has 0 bridgehead atoms. The number of carbonyl (C=O) groups is 1. The van der Waals surface area contributed by atoms with Crippen molar-refractivity contribution in [1.82, 2.24) is 0 Å². The van der Waals surface area contributed by atoms with Crippen LogP contribution in [0.5, 0.6) is 0 Å². The van der Waals surface area contributed by atoms with E-state index in [0.29, 0.717) is 0 Å². The molecular formula is C13H8F2O2. The summed E-state index contributed by atoms with van der Waals surface area (Å²) < 4.78 is 26.6. The van der Waals surface area contributed by atoms with Crippen LogP contribution in [-0.4, -0.2) is 11.1 Å². The second-order valence-corrected chi connectivity index (χ2v) is 3.45. The Bertz CT molecular complexity index is 579. The minimum Gasteiger partial charge on any atom is -0.478 e. The van der Waals surface area contributed by atoms with Gasteiger partial charge in [0, 0.05) is 5.56 Å². The van der Waals surface area contributed by atoms with Crippen LogP contribution in [0.15, 0.2) is 42.5 Å². The summed E-state index contributed by atoms with van der Waals surface area (Å²) in [4.78, 5) is 11.0. The Balaban J connectivity index is 2.69. The van der Waals surface area contributed by atoms with E-state index in [1.54, 1.807) is 6.07 Å². The molecule has 0 aromatic heterocycles. The first kappa shape index (κ1) is 11.3. The van der Waals surface area contributed by atoms with Gasteiger partial charge < -0.3 is 5.11 Å². The van der Waals surface area contributed by atoms with Crippen LogP contribution < -0.4 is 0 Å². The molecule has 0 amide bonds. The highest BCUT2D eigenvalue weighted by atomic mass is 19.2. The van der Waals surface area contributed by atoms with Gasteiger partial charge in [-0.3, -0.25) is 0 Å². The Morgan fingerprint density at radius 2 is 1.59 bits per heavy atom. The first-order valence-corrected chi connectivity index (χ1v) is 4.88. The van der Waals surface area contributed by atoms with Crippen molar-refractivity contribution in [3.63, 3.8) is 0 Å². The Morgan fingerprint density at radius 1 is 0.941 bits per heavy atom. The van der Waals surface area contributed by atoms with Crippen molar-refractivity contribution in [1.29, 1.82) is 0 Å². The van der Waals surface area contributed by atoms with Gasteiger partial charge in [-0.25, -0.2) is 13.6 Å². The maximum Gasteiger partial charge on any atom is 0.336 e. The molecule has 0 fully saturated rings. The monoisotopic (exact) mass is 234 g/mol. The molecule has 0 saturated carbocycles.